The fraction of sp³-hybridized carbons (Fsp3) is 0.333. The number of ether oxygens (including phenoxy) is 1. The molecule has 3 heteroatoms. The maximum absolute atomic E-state index is 12.1. The van der Waals surface area contributed by atoms with E-state index in [9.17, 15) is 8.78 Å². The summed E-state index contributed by atoms with van der Waals surface area (Å²) in [5.41, 5.74) is 3.05. The number of benzene rings is 2. The van der Waals surface area contributed by atoms with E-state index in [1.165, 1.54) is 43.4 Å². The Morgan fingerprint density at radius 1 is 0.833 bits per heavy atom. The first-order chi connectivity index (χ1) is 11.7. The van der Waals surface area contributed by atoms with Gasteiger partial charge in [0.15, 0.2) is 0 Å². The van der Waals surface area contributed by atoms with E-state index in [1.54, 1.807) is 12.1 Å². The van der Waals surface area contributed by atoms with Crippen molar-refractivity contribution >= 4 is 0 Å². The Morgan fingerprint density at radius 3 is 1.96 bits per heavy atom. The number of hydrogen-bond acceptors (Lipinski definition) is 1. The minimum absolute atomic E-state index is 0.142. The monoisotopic (exact) mass is 328 g/mol. The molecule has 0 aliphatic rings. The fourth-order valence-corrected chi connectivity index (χ4v) is 2.37. The lowest BCUT2D eigenvalue weighted by molar-refractivity contribution is -0.0498. The van der Waals surface area contributed by atoms with E-state index in [4.69, 9.17) is 0 Å². The largest absolute Gasteiger partial charge is 0.435 e. The van der Waals surface area contributed by atoms with Crippen LogP contribution in [0.25, 0.3) is 0 Å². The van der Waals surface area contributed by atoms with Crippen molar-refractivity contribution in [1.82, 2.24) is 0 Å². The standard InChI is InChI=1S/C21H22F2O/c1-2-3-4-5-6-17-7-9-18(10-8-17)11-12-19-13-15-20(16-14-19)24-21(22)23/h7-10,13-16,21H,2-6H2,1H3. The molecule has 0 fully saturated rings. The number of rotatable bonds is 7. The molecule has 0 aromatic heterocycles. The first-order valence-corrected chi connectivity index (χ1v) is 8.33. The molecule has 0 unspecified atom stereocenters. The molecule has 0 saturated carbocycles. The average Bonchev–Trinajstić information content (AvgIpc) is 2.59. The van der Waals surface area contributed by atoms with Crippen molar-refractivity contribution in [3.63, 3.8) is 0 Å². The zero-order chi connectivity index (χ0) is 17.2. The Hall–Kier alpha value is -2.34. The van der Waals surface area contributed by atoms with E-state index in [2.05, 4.69) is 35.6 Å². The van der Waals surface area contributed by atoms with Crippen molar-refractivity contribution < 1.29 is 13.5 Å². The van der Waals surface area contributed by atoms with Crippen LogP contribution in [0.1, 0.15) is 49.3 Å². The average molecular weight is 328 g/mol. The molecule has 2 aromatic carbocycles. The predicted octanol–water partition coefficient (Wildman–Crippen LogP) is 5.81. The molecular weight excluding hydrogens is 306 g/mol. The zero-order valence-electron chi connectivity index (χ0n) is 13.9. The third-order valence-corrected chi connectivity index (χ3v) is 3.70. The van der Waals surface area contributed by atoms with Crippen molar-refractivity contribution in [2.45, 2.75) is 45.6 Å². The number of unbranched alkanes of at least 4 members (excludes halogenated alkanes) is 3. The lowest BCUT2D eigenvalue weighted by Crippen LogP contribution is -2.01. The molecule has 0 aliphatic heterocycles. The van der Waals surface area contributed by atoms with Gasteiger partial charge in [-0.05, 0) is 54.8 Å². The van der Waals surface area contributed by atoms with Crippen LogP contribution in [-0.2, 0) is 6.42 Å². The van der Waals surface area contributed by atoms with Crippen LogP contribution < -0.4 is 4.74 Å². The van der Waals surface area contributed by atoms with Crippen molar-refractivity contribution in [3.8, 4) is 17.6 Å². The Morgan fingerprint density at radius 2 is 1.42 bits per heavy atom. The molecule has 24 heavy (non-hydrogen) atoms. The SMILES string of the molecule is CCCCCCc1ccc(C#Cc2ccc(OC(F)F)cc2)cc1. The first kappa shape index (κ1) is 18.0. The summed E-state index contributed by atoms with van der Waals surface area (Å²) in [5, 5.41) is 0. The van der Waals surface area contributed by atoms with Gasteiger partial charge in [-0.15, -0.1) is 0 Å². The van der Waals surface area contributed by atoms with Crippen molar-refractivity contribution in [3.05, 3.63) is 65.2 Å². The summed E-state index contributed by atoms with van der Waals surface area (Å²) in [5.74, 6) is 6.26. The van der Waals surface area contributed by atoms with Crippen molar-refractivity contribution in [2.24, 2.45) is 0 Å². The zero-order valence-corrected chi connectivity index (χ0v) is 13.9. The Kier molecular flexibility index (Phi) is 7.29. The van der Waals surface area contributed by atoms with Crippen LogP contribution in [0, 0.1) is 11.8 Å². The van der Waals surface area contributed by atoms with E-state index in [-0.39, 0.29) is 5.75 Å². The Balaban J connectivity index is 1.90. The van der Waals surface area contributed by atoms with Crippen LogP contribution in [-0.4, -0.2) is 6.61 Å². The molecule has 126 valence electrons. The molecule has 0 atom stereocenters. The number of aryl methyl sites for hydroxylation is 1. The normalized spacial score (nSPS) is 10.3. The van der Waals surface area contributed by atoms with Gasteiger partial charge in [0.1, 0.15) is 5.75 Å². The Labute approximate surface area is 142 Å². The molecular formula is C21H22F2O. The van der Waals surface area contributed by atoms with Gasteiger partial charge in [-0.3, -0.25) is 0 Å². The van der Waals surface area contributed by atoms with Crippen molar-refractivity contribution in [1.29, 1.82) is 0 Å². The molecule has 0 spiro atoms. The minimum Gasteiger partial charge on any atom is -0.435 e. The molecule has 0 N–H and O–H groups in total. The summed E-state index contributed by atoms with van der Waals surface area (Å²) in [6, 6.07) is 14.6. The lowest BCUT2D eigenvalue weighted by Gasteiger charge is -2.03. The van der Waals surface area contributed by atoms with Gasteiger partial charge in [0, 0.05) is 11.1 Å². The van der Waals surface area contributed by atoms with E-state index in [0.29, 0.717) is 0 Å². The van der Waals surface area contributed by atoms with Crippen molar-refractivity contribution in [2.75, 3.05) is 0 Å². The van der Waals surface area contributed by atoms with E-state index >= 15 is 0 Å². The van der Waals surface area contributed by atoms with Crippen LogP contribution in [0.4, 0.5) is 8.78 Å². The van der Waals surface area contributed by atoms with Crippen LogP contribution in [0.3, 0.4) is 0 Å². The van der Waals surface area contributed by atoms with Crippen LogP contribution >= 0.6 is 0 Å². The minimum atomic E-state index is -2.80. The van der Waals surface area contributed by atoms with Crippen LogP contribution in [0.5, 0.6) is 5.75 Å². The maximum atomic E-state index is 12.1. The van der Waals surface area contributed by atoms with Gasteiger partial charge in [0.2, 0.25) is 0 Å². The highest BCUT2D eigenvalue weighted by Crippen LogP contribution is 2.14. The van der Waals surface area contributed by atoms with Gasteiger partial charge in [0.05, 0.1) is 0 Å². The van der Waals surface area contributed by atoms with Gasteiger partial charge >= 0.3 is 6.61 Å². The van der Waals surface area contributed by atoms with Gasteiger partial charge in [0.25, 0.3) is 0 Å². The first-order valence-electron chi connectivity index (χ1n) is 8.33. The van der Waals surface area contributed by atoms with Gasteiger partial charge in [-0.1, -0.05) is 50.2 Å². The fourth-order valence-electron chi connectivity index (χ4n) is 2.37. The second-order valence-corrected chi connectivity index (χ2v) is 5.66. The molecule has 1 nitrogen and oxygen atoms in total. The van der Waals surface area contributed by atoms with Gasteiger partial charge in [-0.25, -0.2) is 0 Å². The molecule has 0 amide bonds. The maximum Gasteiger partial charge on any atom is 0.387 e. The molecule has 0 radical (unpaired) electrons. The molecule has 0 aliphatic carbocycles. The molecule has 2 aromatic rings. The summed E-state index contributed by atoms with van der Waals surface area (Å²) >= 11 is 0. The topological polar surface area (TPSA) is 9.23 Å². The Bertz CT molecular complexity index is 664. The summed E-state index contributed by atoms with van der Waals surface area (Å²) in [6.07, 6.45) is 6.17. The van der Waals surface area contributed by atoms with E-state index in [0.717, 1.165) is 17.5 Å². The quantitative estimate of drug-likeness (QED) is 0.460. The van der Waals surface area contributed by atoms with Gasteiger partial charge < -0.3 is 4.74 Å². The number of halogens is 2. The summed E-state index contributed by atoms with van der Waals surface area (Å²) in [6.45, 7) is -0.588. The summed E-state index contributed by atoms with van der Waals surface area (Å²) < 4.78 is 28.5. The van der Waals surface area contributed by atoms with E-state index in [1.807, 2.05) is 12.1 Å². The van der Waals surface area contributed by atoms with Crippen LogP contribution in [0.2, 0.25) is 0 Å². The molecule has 0 saturated heterocycles. The van der Waals surface area contributed by atoms with Crippen LogP contribution in [0.15, 0.2) is 48.5 Å². The number of hydrogen-bond donors (Lipinski definition) is 0. The van der Waals surface area contributed by atoms with Gasteiger partial charge in [-0.2, -0.15) is 8.78 Å². The smallest absolute Gasteiger partial charge is 0.387 e. The molecule has 2 rings (SSSR count). The highest BCUT2D eigenvalue weighted by Gasteiger charge is 2.02. The lowest BCUT2D eigenvalue weighted by atomic mass is 10.0. The second kappa shape index (κ2) is 9.72. The summed E-state index contributed by atoms with van der Waals surface area (Å²) in [7, 11) is 0. The molecule has 0 bridgehead atoms. The number of alkyl halides is 2. The highest BCUT2D eigenvalue weighted by atomic mass is 19.3. The third kappa shape index (κ3) is 6.42. The second-order valence-electron chi connectivity index (χ2n) is 5.66. The highest BCUT2D eigenvalue weighted by molar-refractivity contribution is 5.44. The van der Waals surface area contributed by atoms with E-state index < -0.39 is 6.61 Å². The summed E-state index contributed by atoms with van der Waals surface area (Å²) in [4.78, 5) is 0. The molecule has 0 heterocycles. The third-order valence-electron chi connectivity index (χ3n) is 3.70. The predicted molar refractivity (Wildman–Crippen MR) is 93.3 cm³/mol.